The summed E-state index contributed by atoms with van der Waals surface area (Å²) < 4.78 is 0.274. The average Bonchev–Trinajstić information content (AvgIpc) is 1.81. The summed E-state index contributed by atoms with van der Waals surface area (Å²) in [5, 5.41) is 10.2. The fourth-order valence-corrected chi connectivity index (χ4v) is 0.793. The van der Waals surface area contributed by atoms with Crippen molar-refractivity contribution in [3.63, 3.8) is 0 Å². The van der Waals surface area contributed by atoms with Crippen LogP contribution in [0.25, 0.3) is 0 Å². The van der Waals surface area contributed by atoms with Gasteiger partial charge in [0.05, 0.1) is 20.1 Å². The molecule has 0 heterocycles. The molecule has 0 aliphatic heterocycles. The predicted octanol–water partition coefficient (Wildman–Crippen LogP) is -1.27. The molecule has 1 N–H and O–H groups in total. The van der Waals surface area contributed by atoms with Crippen LogP contribution in [-0.2, 0) is 4.79 Å². The number of nitrogens with one attached hydrogen (secondary N) is 1. The van der Waals surface area contributed by atoms with Crippen molar-refractivity contribution >= 4 is 5.97 Å². The van der Waals surface area contributed by atoms with Gasteiger partial charge < -0.3 is 9.90 Å². The molecule has 0 saturated carbocycles. The normalized spacial score (nSPS) is 11.5. The lowest BCUT2D eigenvalue weighted by Crippen LogP contribution is -2.56. The van der Waals surface area contributed by atoms with Gasteiger partial charge in [-0.25, -0.2) is 4.59 Å². The molecule has 0 aliphatic carbocycles. The van der Waals surface area contributed by atoms with Crippen molar-refractivity contribution in [2.45, 2.75) is 13.3 Å². The van der Waals surface area contributed by atoms with Crippen LogP contribution in [0.2, 0.25) is 0 Å². The molecule has 0 spiro atoms. The van der Waals surface area contributed by atoms with Crippen LogP contribution >= 0.6 is 0 Å². The van der Waals surface area contributed by atoms with Crippen molar-refractivity contribution in [3.8, 4) is 0 Å². The maximum Gasteiger partial charge on any atom is 0.136 e. The van der Waals surface area contributed by atoms with Crippen LogP contribution in [0.3, 0.4) is 0 Å². The number of carboxylic acids is 1. The second-order valence-electron chi connectivity index (χ2n) is 3.12. The minimum absolute atomic E-state index is 0. The Hall–Kier alpha value is -0.610. The molecule has 0 fully saturated rings. The summed E-state index contributed by atoms with van der Waals surface area (Å²) in [6, 6.07) is 0. The first kappa shape index (κ1) is 10.4. The van der Waals surface area contributed by atoms with Gasteiger partial charge in [-0.3, -0.25) is 0 Å². The Morgan fingerprint density at radius 2 is 2.09 bits per heavy atom. The summed E-state index contributed by atoms with van der Waals surface area (Å²) in [6.45, 7) is 2.85. The van der Waals surface area contributed by atoms with E-state index >= 15 is 0 Å². The molecule has 0 aromatic rings. The first-order valence-corrected chi connectivity index (χ1v) is 3.76. The molecule has 0 saturated heterocycles. The Morgan fingerprint density at radius 1 is 1.55 bits per heavy atom. The van der Waals surface area contributed by atoms with E-state index in [1.54, 1.807) is 14.1 Å². The predicted molar refractivity (Wildman–Crippen MR) is 40.3 cm³/mol. The van der Waals surface area contributed by atoms with E-state index in [9.17, 15) is 9.90 Å². The van der Waals surface area contributed by atoms with Gasteiger partial charge in [0.15, 0.2) is 0 Å². The number of hydrogen-bond donors (Lipinski definition) is 1. The van der Waals surface area contributed by atoms with E-state index in [-0.39, 0.29) is 11.1 Å². The van der Waals surface area contributed by atoms with Crippen molar-refractivity contribution in [1.29, 1.82) is 0 Å². The number of quaternary nitrogens is 1. The molecule has 11 heavy (non-hydrogen) atoms. The molecule has 0 aromatic heterocycles. The van der Waals surface area contributed by atoms with Crippen LogP contribution in [0.4, 0.5) is 0 Å². The minimum atomic E-state index is -1.03. The third-order valence-corrected chi connectivity index (χ3v) is 1.31. The van der Waals surface area contributed by atoms with Gasteiger partial charge in [0.25, 0.3) is 0 Å². The van der Waals surface area contributed by atoms with Gasteiger partial charge in [0, 0.05) is 6.54 Å². The smallest absolute Gasteiger partial charge is 0.136 e. The van der Waals surface area contributed by atoms with Crippen molar-refractivity contribution in [2.24, 2.45) is 0 Å². The summed E-state index contributed by atoms with van der Waals surface area (Å²) >= 11 is 0. The third kappa shape index (κ3) is 5.82. The highest BCUT2D eigenvalue weighted by atomic mass is 16.4. The van der Waals surface area contributed by atoms with Gasteiger partial charge in [-0.1, -0.05) is 6.92 Å². The molecule has 4 nitrogen and oxygen atoms in total. The van der Waals surface area contributed by atoms with Gasteiger partial charge in [-0.05, 0) is 6.42 Å². The topological polar surface area (TPSA) is 52.2 Å². The Morgan fingerprint density at radius 3 is 2.45 bits per heavy atom. The van der Waals surface area contributed by atoms with Crippen LogP contribution in [0, 0.1) is 0 Å². The van der Waals surface area contributed by atoms with Gasteiger partial charge in [-0.2, -0.15) is 5.43 Å². The fraction of sp³-hybridized carbons (Fsp3) is 0.857. The van der Waals surface area contributed by atoms with E-state index in [0.29, 0.717) is 0 Å². The second-order valence-corrected chi connectivity index (χ2v) is 3.12. The molecule has 66 valence electrons. The first-order valence-electron chi connectivity index (χ1n) is 3.76. The fourth-order valence-electron chi connectivity index (χ4n) is 0.793. The van der Waals surface area contributed by atoms with Crippen molar-refractivity contribution in [1.82, 2.24) is 5.43 Å². The lowest BCUT2D eigenvalue weighted by atomic mass is 10.5. The number of carbonyl (C=O) groups excluding carboxylic acids is 1. The summed E-state index contributed by atoms with van der Waals surface area (Å²) in [7, 11) is 3.59. The number of likely N-dealkylation sites (N-methyl/N-ethyl adjacent to an activating group) is 1. The number of hydrogen-bond acceptors (Lipinski definition) is 3. The van der Waals surface area contributed by atoms with E-state index in [2.05, 4.69) is 5.43 Å². The quantitative estimate of drug-likeness (QED) is 0.403. The summed E-state index contributed by atoms with van der Waals surface area (Å²) in [6.07, 6.45) is 0.995. The number of nitrogens with zero attached hydrogens (tertiary/aromatic N) is 1. The standard InChI is InChI=1S/C7H16N2O2/c1-4-5-8-9(2,3)6-7(10)11/h8H,4-6H2,1-3H3. The van der Waals surface area contributed by atoms with Crippen LogP contribution in [0.5, 0.6) is 0 Å². The average molecular weight is 160 g/mol. The molecule has 0 rings (SSSR count). The van der Waals surface area contributed by atoms with Gasteiger partial charge >= 0.3 is 0 Å². The molecule has 4 heteroatoms. The zero-order valence-electron chi connectivity index (χ0n) is 7.39. The zero-order valence-corrected chi connectivity index (χ0v) is 7.39. The van der Waals surface area contributed by atoms with Crippen LogP contribution < -0.4 is 10.5 Å². The van der Waals surface area contributed by atoms with Gasteiger partial charge in [0.2, 0.25) is 0 Å². The zero-order chi connectivity index (χ0) is 8.91. The SMILES string of the molecule is CCCN[N+](C)(C)CC(=O)[O-]. The monoisotopic (exact) mass is 160 g/mol. The number of carbonyl (C=O) groups is 1. The van der Waals surface area contributed by atoms with Crippen LogP contribution in [0.1, 0.15) is 13.3 Å². The molecule has 0 radical (unpaired) electrons. The van der Waals surface area contributed by atoms with E-state index in [1.807, 2.05) is 6.92 Å². The van der Waals surface area contributed by atoms with Crippen molar-refractivity contribution in [2.75, 3.05) is 27.2 Å². The first-order chi connectivity index (χ1) is 4.98. The maximum absolute atomic E-state index is 10.2. The van der Waals surface area contributed by atoms with Gasteiger partial charge in [-0.15, -0.1) is 0 Å². The molecule has 0 aromatic carbocycles. The highest BCUT2D eigenvalue weighted by Crippen LogP contribution is 1.88. The Balaban J connectivity index is 3.70. The summed E-state index contributed by atoms with van der Waals surface area (Å²) in [4.78, 5) is 10.2. The molecule has 0 bridgehead atoms. The Labute approximate surface area is 67.4 Å². The number of carboxylic acid groups (broad SMARTS) is 1. The van der Waals surface area contributed by atoms with E-state index in [4.69, 9.17) is 0 Å². The van der Waals surface area contributed by atoms with E-state index in [0.717, 1.165) is 13.0 Å². The molecule has 0 amide bonds. The minimum Gasteiger partial charge on any atom is -0.544 e. The number of aliphatic carboxylic acids is 1. The molecule has 0 aliphatic rings. The Kier molecular flexibility index (Phi) is 4.07. The molecular formula is C7H16N2O2. The van der Waals surface area contributed by atoms with Crippen LogP contribution in [-0.4, -0.2) is 37.7 Å². The van der Waals surface area contributed by atoms with E-state index < -0.39 is 5.97 Å². The largest absolute Gasteiger partial charge is 0.544 e. The summed E-state index contributed by atoms with van der Waals surface area (Å²) in [5.41, 5.74) is 3.06. The van der Waals surface area contributed by atoms with Crippen molar-refractivity contribution in [3.05, 3.63) is 0 Å². The molecular weight excluding hydrogens is 144 g/mol. The molecule has 0 atom stereocenters. The maximum atomic E-state index is 10.2. The van der Waals surface area contributed by atoms with E-state index in [1.165, 1.54) is 0 Å². The van der Waals surface area contributed by atoms with Crippen LogP contribution in [0.15, 0.2) is 0 Å². The Bertz CT molecular complexity index is 134. The lowest BCUT2D eigenvalue weighted by molar-refractivity contribution is -0.928. The highest BCUT2D eigenvalue weighted by molar-refractivity contribution is 5.65. The molecule has 0 unspecified atom stereocenters. The van der Waals surface area contributed by atoms with Crippen molar-refractivity contribution < 1.29 is 14.5 Å². The summed E-state index contributed by atoms with van der Waals surface area (Å²) in [5.74, 6) is -1.03. The lowest BCUT2D eigenvalue weighted by Gasteiger charge is -2.29. The third-order valence-electron chi connectivity index (χ3n) is 1.31. The van der Waals surface area contributed by atoms with Gasteiger partial charge in [0.1, 0.15) is 6.54 Å². The number of rotatable bonds is 5. The highest BCUT2D eigenvalue weighted by Gasteiger charge is 2.13. The second kappa shape index (κ2) is 4.31.